The molecule has 4 fully saturated rings. The molecule has 4 aliphatic heterocycles. The minimum atomic E-state index is -3.57. The number of hydrogen-bond acceptors (Lipinski definition) is 28. The van der Waals surface area contributed by atoms with Gasteiger partial charge in [-0.3, -0.25) is 48.4 Å². The summed E-state index contributed by atoms with van der Waals surface area (Å²) in [6, 6.07) is 47.8. The van der Waals surface area contributed by atoms with Crippen LogP contribution in [0, 0.1) is 12.1 Å². The second-order valence-corrected chi connectivity index (χ2v) is 33.8. The monoisotopic (exact) mass is 1820 g/mol. The van der Waals surface area contributed by atoms with Gasteiger partial charge < -0.3 is 10.2 Å². The van der Waals surface area contributed by atoms with E-state index in [9.17, 15) is 45.6 Å². The van der Waals surface area contributed by atoms with Crippen LogP contribution >= 0.6 is 95.9 Å². The Morgan fingerprint density at radius 3 is 1.16 bits per heavy atom. The molecule has 592 valence electrons. The molecule has 4 saturated heterocycles. The Bertz CT molecular complexity index is 5460. The number of nitrogens with zero attached hydrogens (tertiary/aromatic N) is 18. The average Bonchev–Trinajstić information content (AvgIpc) is 1.70. The molecule has 0 unspecified atom stereocenters. The maximum atomic E-state index is 12.7. The minimum absolute atomic E-state index is 0. The van der Waals surface area contributed by atoms with E-state index in [-0.39, 0.29) is 139 Å². The van der Waals surface area contributed by atoms with Crippen molar-refractivity contribution in [3.8, 4) is 0 Å². The van der Waals surface area contributed by atoms with Crippen LogP contribution in [0.3, 0.4) is 0 Å². The quantitative estimate of drug-likeness (QED) is 0.0147. The number of benzene rings is 6. The first-order chi connectivity index (χ1) is 54.1. The van der Waals surface area contributed by atoms with Crippen molar-refractivity contribution in [1.82, 2.24) is 38.8 Å². The second kappa shape index (κ2) is 51.4. The number of amides is 6. The van der Waals surface area contributed by atoms with Crippen molar-refractivity contribution >= 4 is 237 Å². The molecule has 6 amide bonds. The third-order valence-electron chi connectivity index (χ3n) is 14.5. The van der Waals surface area contributed by atoms with Gasteiger partial charge in [-0.15, -0.1) is 107 Å². The van der Waals surface area contributed by atoms with Gasteiger partial charge in [-0.25, -0.2) is 25.9 Å². The summed E-state index contributed by atoms with van der Waals surface area (Å²) in [5, 5.41) is 16.3. The summed E-state index contributed by atoms with van der Waals surface area (Å²) in [6.45, 7) is 0.498. The van der Waals surface area contributed by atoms with E-state index in [0.29, 0.717) is 77.3 Å². The zero-order valence-corrected chi connectivity index (χ0v) is 75.1. The van der Waals surface area contributed by atoms with Crippen molar-refractivity contribution in [1.29, 1.82) is 0 Å². The van der Waals surface area contributed by atoms with Gasteiger partial charge in [-0.2, -0.15) is 0 Å². The van der Waals surface area contributed by atoms with Gasteiger partial charge in [0.05, 0.1) is 21.3 Å². The molecular weight excluding hydrogens is 1760 g/mol. The molecule has 4 aliphatic rings. The number of sulfonamides is 2. The van der Waals surface area contributed by atoms with E-state index in [1.165, 1.54) is 57.2 Å². The molecule has 10 rings (SSSR count). The van der Waals surface area contributed by atoms with Gasteiger partial charge in [0.2, 0.25) is 31.9 Å². The maximum Gasteiger partial charge on any atom is 1.00 e. The van der Waals surface area contributed by atoms with Gasteiger partial charge in [0, 0.05) is 78.3 Å². The Balaban J connectivity index is 0.000000388. The Morgan fingerprint density at radius 1 is 0.483 bits per heavy atom. The molecule has 2 N–H and O–H groups in total. The Labute approximate surface area is 749 Å². The van der Waals surface area contributed by atoms with Crippen LogP contribution in [0.1, 0.15) is 33.4 Å². The summed E-state index contributed by atoms with van der Waals surface area (Å²) < 4.78 is 104. The summed E-state index contributed by atoms with van der Waals surface area (Å²) in [5.41, 5.74) is 40.1. The molecule has 6 aromatic carbocycles. The van der Waals surface area contributed by atoms with Crippen LogP contribution in [-0.4, -0.2) is 189 Å². The first-order valence-corrected chi connectivity index (χ1v) is 41.7. The first-order valence-electron chi connectivity index (χ1n) is 31.5. The Morgan fingerprint density at radius 2 is 0.810 bits per heavy atom. The Hall–Kier alpha value is -8.84. The topological polar surface area (TPSA) is 512 Å². The fourth-order valence-electron chi connectivity index (χ4n) is 8.92. The van der Waals surface area contributed by atoms with Crippen LogP contribution in [0.5, 0.6) is 0 Å². The fourth-order valence-corrected chi connectivity index (χ4v) is 15.7. The largest absolute Gasteiger partial charge is 1.00 e. The minimum Gasteiger partial charge on any atom is -0.358 e. The summed E-state index contributed by atoms with van der Waals surface area (Å²) in [7, 11) is -7.18. The predicted octanol–water partition coefficient (Wildman–Crippen LogP) is 5.33. The van der Waals surface area contributed by atoms with Crippen molar-refractivity contribution < 1.29 is 130 Å². The Kier molecular flexibility index (Phi) is 44.9. The second-order valence-electron chi connectivity index (χ2n) is 22.0. The van der Waals surface area contributed by atoms with E-state index in [0.717, 1.165) is 69.3 Å². The zero-order chi connectivity index (χ0) is 84.2. The number of nitrogens with one attached hydrogen (secondary N) is 2. The third kappa shape index (κ3) is 34.4. The zero-order valence-electron chi connectivity index (χ0n) is 61.3. The van der Waals surface area contributed by atoms with Gasteiger partial charge in [-0.05, 0) is 84.8 Å². The van der Waals surface area contributed by atoms with Crippen LogP contribution in [0.15, 0.2) is 186 Å². The van der Waals surface area contributed by atoms with Crippen LogP contribution in [0.25, 0.3) is 66.1 Å². The molecule has 0 aromatic heterocycles. The maximum absolute atomic E-state index is 12.7. The summed E-state index contributed by atoms with van der Waals surface area (Å²) in [5.74, 6) is -2.20. The molecule has 6 aromatic rings. The van der Waals surface area contributed by atoms with Crippen LogP contribution in [0.4, 0.5) is 22.7 Å². The van der Waals surface area contributed by atoms with E-state index < -0.39 is 41.3 Å². The molecule has 0 atom stereocenters. The van der Waals surface area contributed by atoms with Crippen molar-refractivity contribution in [2.45, 2.75) is 13.1 Å². The smallest absolute Gasteiger partial charge is 0.358 e. The number of likely N-dealkylation sites (N-methyl/N-ethyl adjacent to an activating group) is 2. The molecule has 36 nitrogen and oxygen atoms in total. The number of rotatable bonds is 24. The number of thioether (sulfide) groups is 4. The number of carbonyl (C=O) groups is 6. The van der Waals surface area contributed by atoms with Crippen LogP contribution < -0.4 is 69.2 Å². The van der Waals surface area contributed by atoms with Crippen molar-refractivity contribution in [3.63, 3.8) is 0 Å². The van der Waals surface area contributed by atoms with Crippen LogP contribution in [-0.2, 0) is 83.1 Å². The molecule has 4 heterocycles. The van der Waals surface area contributed by atoms with Crippen molar-refractivity contribution in [2.24, 2.45) is 20.5 Å². The van der Waals surface area contributed by atoms with E-state index >= 15 is 0 Å². The standard InChI is InChI=1S/C20H19N5O3S3.C20H17N5O2S2.C13H12N5O3S3.C13H10N5O2S2.2Na.2O3S/c1-24(14-16-5-3-2-4-6-16)31(27,28)12-11-25-19(26)18(30-20(25)29)13-15-7-9-17(10-8-15)22-23-21;1-24(12-15-5-3-2-4-6-15)18(26)13-25-19(27)17(29-20(25)28)11-14-7-9-16(10-8-14)22-23-21;1-15-24(20,21)7-6-18-12(19)11(23-13(18)22)8-9-2-4-10(5-3-9)16-17-14;1-15-11(19)7-18-12(20)10(22-13(18)21)6-8-2-4-9(5-3-8)16-17-14;;;2*1-4(2)3/h2-10,13H,11-12,14H2,1H3;2-11H,12-13H2,1H3;2,4-5,8,15H,6-7H2,1H3;2,4-6H,7H2,1H3,(H,15,19);;;;/q;;2*-1;2*+1;;. The molecule has 50 heteroatoms. The average molecular weight is 1820 g/mol. The van der Waals surface area contributed by atoms with Gasteiger partial charge in [0.15, 0.2) is 0 Å². The molecule has 0 spiro atoms. The summed E-state index contributed by atoms with van der Waals surface area (Å²) in [4.78, 5) is 93.2. The van der Waals surface area contributed by atoms with Gasteiger partial charge >= 0.3 is 80.3 Å². The van der Waals surface area contributed by atoms with Gasteiger partial charge in [0.25, 0.3) is 23.6 Å². The number of azide groups is 4. The molecule has 0 aliphatic carbocycles. The number of hydrogen-bond donors (Lipinski definition) is 2. The van der Waals surface area contributed by atoms with E-state index in [4.69, 9.17) is 96.2 Å². The van der Waals surface area contributed by atoms with E-state index in [2.05, 4.69) is 62.3 Å². The normalized spacial score (nSPS) is 14.7. The number of carbonyl (C=O) groups excluding carboxylic acids is 6. The first kappa shape index (κ1) is 101. The van der Waals surface area contributed by atoms with Crippen molar-refractivity contribution in [2.75, 3.05) is 65.9 Å². The fraction of sp³-hybridized carbons (Fsp3) is 0.182. The molecule has 0 saturated carbocycles. The predicted molar refractivity (Wildman–Crippen MR) is 449 cm³/mol. The molecule has 0 radical (unpaired) electrons. The summed E-state index contributed by atoms with van der Waals surface area (Å²) >= 11 is 25.4. The molecular formula is C66H58N20Na2O16S12. The third-order valence-corrected chi connectivity index (χ3v) is 23.1. The summed E-state index contributed by atoms with van der Waals surface area (Å²) in [6.07, 6.45) is 6.61. The molecule has 0 bridgehead atoms. The van der Waals surface area contributed by atoms with E-state index in [1.54, 1.807) is 109 Å². The molecule has 116 heavy (non-hydrogen) atoms. The van der Waals surface area contributed by atoms with Crippen LogP contribution in [0.2, 0.25) is 0 Å². The van der Waals surface area contributed by atoms with Gasteiger partial charge in [-0.1, -0.05) is 215 Å². The van der Waals surface area contributed by atoms with Gasteiger partial charge in [0.1, 0.15) is 30.4 Å². The van der Waals surface area contributed by atoms with Crippen molar-refractivity contribution in [3.05, 3.63) is 252 Å². The van der Waals surface area contributed by atoms with E-state index in [1.807, 2.05) is 60.7 Å². The number of thiocarbonyl (C=S) groups is 4. The SMILES string of the molecule is CN(Cc1ccccc1)C(=O)CN1C(=O)C(=Cc2ccc(N=[N+]=[N-])cc2)SC1=S.CN(Cc1ccccc1)S(=O)(=O)CCN1C(=O)C(=Cc2ccc(N=[N+]=[N-])cc2)SC1=S.CNC(=O)CN1C(=O)C(=Cc2[c-]cc(N=[N+]=[N-])cc2)SC1=S.CNS(=O)(=O)CCN1C(=O)C(=Cc2[c-]cc(N=[N+]=[N-])cc2)SC1=S.O=S(=O)=O.O=S(=O)=O.[Na+].[Na+].